The topological polar surface area (TPSA) is 108 Å². The fourth-order valence-electron chi connectivity index (χ4n) is 3.57. The summed E-state index contributed by atoms with van der Waals surface area (Å²) in [5.41, 5.74) is 4.75. The molecule has 0 aliphatic carbocycles. The summed E-state index contributed by atoms with van der Waals surface area (Å²) in [5.74, 6) is -0.436. The van der Waals surface area contributed by atoms with Crippen molar-refractivity contribution in [1.82, 2.24) is 14.9 Å². The third kappa shape index (κ3) is 6.79. The lowest BCUT2D eigenvalue weighted by molar-refractivity contribution is -0.133. The highest BCUT2D eigenvalue weighted by Crippen LogP contribution is 2.36. The number of ketones is 1. The molecule has 1 atom stereocenters. The minimum atomic E-state index is -0.858. The van der Waals surface area contributed by atoms with Crippen LogP contribution in [0, 0.1) is 0 Å². The summed E-state index contributed by atoms with van der Waals surface area (Å²) in [6.45, 7) is 2.04. The standard InChI is InChI=1S/C25H24Cl3N5O4S/c1-2-3-10-38-25-30-29-23(33(25)31-24(35)20(34)13-26)14-36-21-7-5-4-6-17(21)19-12-22(37-32-19)16-9-8-15(27)11-18(16)28/h4-9,11,22H,2-3,10,12-14H2,1H3,(H,31,35). The molecule has 0 radical (unpaired) electrons. The first-order valence-corrected chi connectivity index (χ1v) is 14.1. The average Bonchev–Trinajstić information content (AvgIpc) is 3.55. The van der Waals surface area contributed by atoms with Crippen LogP contribution in [0.1, 0.15) is 49.2 Å². The highest BCUT2D eigenvalue weighted by Gasteiger charge is 2.28. The molecule has 4 rings (SSSR count). The molecule has 38 heavy (non-hydrogen) atoms. The van der Waals surface area contributed by atoms with Gasteiger partial charge in [-0.15, -0.1) is 21.8 Å². The Morgan fingerprint density at radius 1 is 1.21 bits per heavy atom. The lowest BCUT2D eigenvalue weighted by atomic mass is 9.99. The van der Waals surface area contributed by atoms with Crippen LogP contribution in [0.25, 0.3) is 0 Å². The van der Waals surface area contributed by atoms with Gasteiger partial charge < -0.3 is 9.57 Å². The summed E-state index contributed by atoms with van der Waals surface area (Å²) in [4.78, 5) is 29.7. The van der Waals surface area contributed by atoms with Crippen molar-refractivity contribution in [2.45, 2.75) is 44.1 Å². The number of hydrogen-bond acceptors (Lipinski definition) is 8. The Bertz CT molecular complexity index is 1350. The quantitative estimate of drug-likeness (QED) is 0.122. The molecule has 0 spiro atoms. The second kappa shape index (κ2) is 13.3. The molecule has 3 aromatic rings. The number of unbranched alkanes of at least 4 members (excludes halogenated alkanes) is 1. The molecule has 1 aliphatic rings. The fourth-order valence-corrected chi connectivity index (χ4v) is 5.22. The molecule has 1 N–H and O–H groups in total. The van der Waals surface area contributed by atoms with E-state index in [4.69, 9.17) is 44.4 Å². The third-order valence-electron chi connectivity index (χ3n) is 5.55. The first kappa shape index (κ1) is 28.2. The van der Waals surface area contributed by atoms with Crippen molar-refractivity contribution in [3.8, 4) is 5.75 Å². The van der Waals surface area contributed by atoms with Crippen LogP contribution in [0.15, 0.2) is 52.8 Å². The van der Waals surface area contributed by atoms with E-state index in [0.717, 1.165) is 29.7 Å². The Labute approximate surface area is 238 Å². The molecule has 2 aromatic carbocycles. The number of benzene rings is 2. The summed E-state index contributed by atoms with van der Waals surface area (Å²) in [6.07, 6.45) is 2.08. The van der Waals surface area contributed by atoms with Crippen LogP contribution in [0.3, 0.4) is 0 Å². The number of carbonyl (C=O) groups excluding carboxylic acids is 2. The van der Waals surface area contributed by atoms with E-state index in [9.17, 15) is 9.59 Å². The van der Waals surface area contributed by atoms with E-state index in [-0.39, 0.29) is 12.7 Å². The number of alkyl halides is 1. The highest BCUT2D eigenvalue weighted by molar-refractivity contribution is 7.99. The van der Waals surface area contributed by atoms with Gasteiger partial charge in [0.2, 0.25) is 10.9 Å². The van der Waals surface area contributed by atoms with Gasteiger partial charge in [-0.2, -0.15) is 0 Å². The summed E-state index contributed by atoms with van der Waals surface area (Å²) in [6, 6.07) is 12.6. The Hall–Kier alpha value is -2.79. The molecule has 0 saturated carbocycles. The maximum absolute atomic E-state index is 12.3. The minimum Gasteiger partial charge on any atom is -0.485 e. The molecule has 1 aromatic heterocycles. The monoisotopic (exact) mass is 595 g/mol. The molecule has 1 aliphatic heterocycles. The van der Waals surface area contributed by atoms with Crippen molar-refractivity contribution in [3.05, 3.63) is 69.5 Å². The van der Waals surface area contributed by atoms with Crippen LogP contribution in [0.5, 0.6) is 5.75 Å². The van der Waals surface area contributed by atoms with Gasteiger partial charge in [0.25, 0.3) is 0 Å². The van der Waals surface area contributed by atoms with Gasteiger partial charge in [-0.25, -0.2) is 4.68 Å². The van der Waals surface area contributed by atoms with Crippen molar-refractivity contribution in [1.29, 1.82) is 0 Å². The Balaban J connectivity index is 1.50. The van der Waals surface area contributed by atoms with Gasteiger partial charge in [0.1, 0.15) is 12.4 Å². The van der Waals surface area contributed by atoms with Crippen LogP contribution >= 0.6 is 46.6 Å². The minimum absolute atomic E-state index is 0.0335. The molecule has 13 heteroatoms. The van der Waals surface area contributed by atoms with Gasteiger partial charge in [-0.1, -0.05) is 71.7 Å². The smallest absolute Gasteiger partial charge is 0.307 e. The number of amides is 1. The van der Waals surface area contributed by atoms with Gasteiger partial charge >= 0.3 is 5.91 Å². The number of para-hydroxylation sites is 1. The van der Waals surface area contributed by atoms with E-state index in [1.807, 2.05) is 24.3 Å². The molecule has 0 bridgehead atoms. The Morgan fingerprint density at radius 3 is 2.79 bits per heavy atom. The SMILES string of the molecule is CCCCSc1nnc(COc2ccccc2C2=NOC(c3ccc(Cl)cc3Cl)C2)n1NC(=O)C(=O)CCl. The van der Waals surface area contributed by atoms with Crippen molar-refractivity contribution in [2.75, 3.05) is 17.1 Å². The van der Waals surface area contributed by atoms with E-state index >= 15 is 0 Å². The fraction of sp³-hybridized carbons (Fsp3) is 0.320. The molecular formula is C25H24Cl3N5O4S. The second-order valence-corrected chi connectivity index (χ2v) is 10.4. The number of halogens is 3. The van der Waals surface area contributed by atoms with Crippen LogP contribution < -0.4 is 10.2 Å². The number of oxime groups is 1. The van der Waals surface area contributed by atoms with Crippen LogP contribution in [-0.4, -0.2) is 43.9 Å². The third-order valence-corrected chi connectivity index (χ3v) is 7.37. The molecular weight excluding hydrogens is 573 g/mol. The number of hydrogen-bond donors (Lipinski definition) is 1. The predicted octanol–water partition coefficient (Wildman–Crippen LogP) is 5.80. The van der Waals surface area contributed by atoms with Gasteiger partial charge in [0, 0.05) is 33.3 Å². The zero-order valence-corrected chi connectivity index (χ0v) is 23.4. The molecule has 200 valence electrons. The predicted molar refractivity (Wildman–Crippen MR) is 148 cm³/mol. The number of thioether (sulfide) groups is 1. The first-order valence-electron chi connectivity index (χ1n) is 11.8. The van der Waals surface area contributed by atoms with Crippen molar-refractivity contribution >= 4 is 64.0 Å². The Morgan fingerprint density at radius 2 is 2.03 bits per heavy atom. The van der Waals surface area contributed by atoms with E-state index in [2.05, 4.69) is 27.7 Å². The summed E-state index contributed by atoms with van der Waals surface area (Å²) in [7, 11) is 0. The van der Waals surface area contributed by atoms with Crippen molar-refractivity contribution in [3.63, 3.8) is 0 Å². The molecule has 1 amide bonds. The van der Waals surface area contributed by atoms with E-state index in [0.29, 0.717) is 38.9 Å². The summed E-state index contributed by atoms with van der Waals surface area (Å²) >= 11 is 19.3. The van der Waals surface area contributed by atoms with E-state index in [1.54, 1.807) is 18.2 Å². The second-order valence-electron chi connectivity index (χ2n) is 8.22. The zero-order chi connectivity index (χ0) is 27.1. The Kier molecular flexibility index (Phi) is 9.90. The lowest BCUT2D eigenvalue weighted by Gasteiger charge is -2.13. The first-order chi connectivity index (χ1) is 18.4. The number of rotatable bonds is 12. The lowest BCUT2D eigenvalue weighted by Crippen LogP contribution is -2.32. The number of carbonyl (C=O) groups is 2. The number of nitrogens with one attached hydrogen (secondary N) is 1. The van der Waals surface area contributed by atoms with Crippen molar-refractivity contribution < 1.29 is 19.2 Å². The maximum atomic E-state index is 12.3. The molecule has 2 heterocycles. The summed E-state index contributed by atoms with van der Waals surface area (Å²) < 4.78 is 7.45. The highest BCUT2D eigenvalue weighted by atomic mass is 35.5. The zero-order valence-electron chi connectivity index (χ0n) is 20.3. The molecule has 0 saturated heterocycles. The van der Waals surface area contributed by atoms with Crippen LogP contribution in [0.4, 0.5) is 0 Å². The van der Waals surface area contributed by atoms with Gasteiger partial charge in [0.15, 0.2) is 11.9 Å². The maximum Gasteiger partial charge on any atom is 0.307 e. The van der Waals surface area contributed by atoms with Crippen LogP contribution in [0.2, 0.25) is 10.0 Å². The number of ether oxygens (including phenoxy) is 1. The molecule has 1 unspecified atom stereocenters. The van der Waals surface area contributed by atoms with Crippen molar-refractivity contribution in [2.24, 2.45) is 5.16 Å². The average molecular weight is 597 g/mol. The van der Waals surface area contributed by atoms with Gasteiger partial charge in [-0.3, -0.25) is 15.0 Å². The van der Waals surface area contributed by atoms with E-state index in [1.165, 1.54) is 16.4 Å². The number of nitrogens with zero attached hydrogens (tertiary/aromatic N) is 4. The number of aromatic nitrogens is 3. The van der Waals surface area contributed by atoms with Gasteiger partial charge in [0.05, 0.1) is 11.6 Å². The van der Waals surface area contributed by atoms with E-state index < -0.39 is 17.6 Å². The largest absolute Gasteiger partial charge is 0.485 e. The van der Waals surface area contributed by atoms with Gasteiger partial charge in [-0.05, 0) is 30.7 Å². The molecule has 0 fully saturated rings. The normalized spacial score (nSPS) is 14.6. The molecule has 9 nitrogen and oxygen atoms in total. The number of Topliss-reactive ketones (excluding diaryl/α,β-unsaturated/α-hetero) is 1. The van der Waals surface area contributed by atoms with Crippen LogP contribution in [-0.2, 0) is 21.0 Å². The summed E-state index contributed by atoms with van der Waals surface area (Å²) in [5, 5.41) is 14.1.